The number of hydrogen-bond donors (Lipinski definition) is 2. The molecular weight excluding hydrogens is 310 g/mol. The molecule has 1 atom stereocenters. The third kappa shape index (κ3) is 3.97. The average molecular weight is 329 g/mol. The van der Waals surface area contributed by atoms with Crippen molar-refractivity contribution in [2.24, 2.45) is 0 Å². The van der Waals surface area contributed by atoms with Crippen molar-refractivity contribution in [1.82, 2.24) is 9.03 Å². The second kappa shape index (κ2) is 6.35. The summed E-state index contributed by atoms with van der Waals surface area (Å²) in [5.74, 6) is -0.00189. The number of carbonyl (C=O) groups excluding carboxylic acids is 1. The summed E-state index contributed by atoms with van der Waals surface area (Å²) in [5.41, 5.74) is 1.78. The molecule has 6 nitrogen and oxygen atoms in total. The molecule has 0 radical (unpaired) electrons. The normalized spacial score (nSPS) is 18.5. The summed E-state index contributed by atoms with van der Waals surface area (Å²) in [5, 5.41) is 2.78. The Kier molecular flexibility index (Phi) is 4.92. The van der Waals surface area contributed by atoms with Gasteiger partial charge in [0.05, 0.1) is 10.9 Å². The Morgan fingerprint density at radius 2 is 2.10 bits per heavy atom. The van der Waals surface area contributed by atoms with Crippen LogP contribution in [0.4, 0.5) is 5.69 Å². The molecule has 0 aliphatic carbocycles. The Labute approximate surface area is 129 Å². The molecule has 1 amide bonds. The monoisotopic (exact) mass is 329 g/mol. The van der Waals surface area contributed by atoms with E-state index in [2.05, 4.69) is 10.0 Å². The van der Waals surface area contributed by atoms with Crippen LogP contribution in [0, 0.1) is 0 Å². The highest BCUT2D eigenvalue weighted by Crippen LogP contribution is 2.35. The molecule has 2 N–H and O–H groups in total. The van der Waals surface area contributed by atoms with E-state index in [1.165, 1.54) is 25.9 Å². The van der Waals surface area contributed by atoms with Crippen LogP contribution >= 0.6 is 11.8 Å². The molecule has 0 saturated carbocycles. The predicted molar refractivity (Wildman–Crippen MR) is 84.7 cm³/mol. The summed E-state index contributed by atoms with van der Waals surface area (Å²) in [6.45, 7) is 2.18. The zero-order valence-electron chi connectivity index (χ0n) is 12.2. The summed E-state index contributed by atoms with van der Waals surface area (Å²) >= 11 is 1.53. The summed E-state index contributed by atoms with van der Waals surface area (Å²) in [7, 11) is -0.430. The zero-order valence-corrected chi connectivity index (χ0v) is 13.8. The van der Waals surface area contributed by atoms with Gasteiger partial charge in [-0.1, -0.05) is 6.07 Å². The molecule has 0 aromatic heterocycles. The maximum Gasteiger partial charge on any atom is 0.278 e. The van der Waals surface area contributed by atoms with Crippen molar-refractivity contribution in [3.05, 3.63) is 23.8 Å². The molecular formula is C13H19N3O3S2. The van der Waals surface area contributed by atoms with Crippen molar-refractivity contribution in [3.63, 3.8) is 0 Å². The molecule has 116 valence electrons. The van der Waals surface area contributed by atoms with Crippen molar-refractivity contribution in [2.75, 3.05) is 26.0 Å². The molecule has 1 unspecified atom stereocenters. The summed E-state index contributed by atoms with van der Waals surface area (Å²) in [6.07, 6.45) is 0.566. The van der Waals surface area contributed by atoms with Crippen LogP contribution in [0.2, 0.25) is 0 Å². The molecule has 1 aromatic carbocycles. The van der Waals surface area contributed by atoms with Crippen LogP contribution in [0.25, 0.3) is 0 Å². The van der Waals surface area contributed by atoms with Gasteiger partial charge in [0.1, 0.15) is 0 Å². The second-order valence-electron chi connectivity index (χ2n) is 5.01. The molecule has 1 heterocycles. The minimum atomic E-state index is -3.39. The van der Waals surface area contributed by atoms with Gasteiger partial charge in [0.2, 0.25) is 5.91 Å². The number of rotatable bonds is 5. The fraction of sp³-hybridized carbons (Fsp3) is 0.462. The molecule has 21 heavy (non-hydrogen) atoms. The van der Waals surface area contributed by atoms with Gasteiger partial charge in [-0.15, -0.1) is 11.8 Å². The van der Waals surface area contributed by atoms with Gasteiger partial charge in [0.15, 0.2) is 0 Å². The third-order valence-electron chi connectivity index (χ3n) is 3.15. The van der Waals surface area contributed by atoms with Gasteiger partial charge >= 0.3 is 0 Å². The molecule has 0 bridgehead atoms. The highest BCUT2D eigenvalue weighted by molar-refractivity contribution is 8.01. The Morgan fingerprint density at radius 1 is 1.38 bits per heavy atom. The lowest BCUT2D eigenvalue weighted by Crippen LogP contribution is -2.36. The maximum atomic E-state index is 11.7. The Bertz CT molecular complexity index is 644. The Balaban J connectivity index is 2.00. The lowest BCUT2D eigenvalue weighted by atomic mass is 10.1. The van der Waals surface area contributed by atoms with Gasteiger partial charge in [-0.3, -0.25) is 4.79 Å². The molecule has 1 aromatic rings. The lowest BCUT2D eigenvalue weighted by molar-refractivity contribution is -0.115. The Morgan fingerprint density at radius 3 is 2.76 bits per heavy atom. The van der Waals surface area contributed by atoms with Gasteiger partial charge < -0.3 is 5.32 Å². The molecule has 1 aliphatic heterocycles. The summed E-state index contributed by atoms with van der Waals surface area (Å²) in [6, 6.07) is 5.82. The molecule has 0 fully saturated rings. The number of nitrogens with one attached hydrogen (secondary N) is 2. The van der Waals surface area contributed by atoms with E-state index in [0.29, 0.717) is 13.0 Å². The van der Waals surface area contributed by atoms with E-state index in [0.717, 1.165) is 20.5 Å². The van der Waals surface area contributed by atoms with E-state index in [4.69, 9.17) is 0 Å². The van der Waals surface area contributed by atoms with Crippen LogP contribution in [0.15, 0.2) is 23.1 Å². The summed E-state index contributed by atoms with van der Waals surface area (Å²) < 4.78 is 26.8. The number of hydrogen-bond acceptors (Lipinski definition) is 4. The highest BCUT2D eigenvalue weighted by atomic mass is 32.2. The Hall–Kier alpha value is -1.09. The summed E-state index contributed by atoms with van der Waals surface area (Å²) in [4.78, 5) is 12.7. The number of carbonyl (C=O) groups is 1. The number of thioether (sulfide) groups is 1. The van der Waals surface area contributed by atoms with E-state index in [1.807, 2.05) is 25.1 Å². The van der Waals surface area contributed by atoms with Crippen LogP contribution in [-0.4, -0.2) is 44.5 Å². The van der Waals surface area contributed by atoms with E-state index in [1.54, 1.807) is 0 Å². The van der Waals surface area contributed by atoms with Crippen molar-refractivity contribution in [1.29, 1.82) is 0 Å². The fourth-order valence-corrected chi connectivity index (χ4v) is 3.41. The van der Waals surface area contributed by atoms with Gasteiger partial charge in [-0.2, -0.15) is 12.7 Å². The molecule has 1 aliphatic rings. The van der Waals surface area contributed by atoms with Crippen LogP contribution in [0.1, 0.15) is 12.5 Å². The number of amides is 1. The van der Waals surface area contributed by atoms with Crippen molar-refractivity contribution in [2.45, 2.75) is 23.5 Å². The van der Waals surface area contributed by atoms with Crippen LogP contribution < -0.4 is 10.0 Å². The molecule has 0 saturated heterocycles. The zero-order chi connectivity index (χ0) is 15.6. The first-order valence-corrected chi connectivity index (χ1v) is 8.89. The first-order valence-electron chi connectivity index (χ1n) is 6.57. The number of nitrogens with zero attached hydrogens (tertiary/aromatic N) is 1. The largest absolute Gasteiger partial charge is 0.324 e. The quantitative estimate of drug-likeness (QED) is 0.847. The smallest absolute Gasteiger partial charge is 0.278 e. The number of fused-ring (bicyclic) bond motifs is 1. The average Bonchev–Trinajstić information content (AvgIpc) is 2.40. The fourth-order valence-electron chi connectivity index (χ4n) is 1.86. The van der Waals surface area contributed by atoms with E-state index in [9.17, 15) is 13.2 Å². The van der Waals surface area contributed by atoms with Crippen molar-refractivity contribution < 1.29 is 13.2 Å². The van der Waals surface area contributed by atoms with Gasteiger partial charge in [0.25, 0.3) is 10.2 Å². The second-order valence-corrected chi connectivity index (χ2v) is 8.36. The maximum absolute atomic E-state index is 11.7. The topological polar surface area (TPSA) is 78.5 Å². The van der Waals surface area contributed by atoms with Crippen LogP contribution in [0.5, 0.6) is 0 Å². The SMILES string of the molecule is CC1Sc2ccc(CCNS(=O)(=O)N(C)C)cc2NC1=O. The first kappa shape index (κ1) is 16.3. The van der Waals surface area contributed by atoms with Gasteiger partial charge in [0, 0.05) is 25.5 Å². The van der Waals surface area contributed by atoms with E-state index in [-0.39, 0.29) is 11.2 Å². The third-order valence-corrected chi connectivity index (χ3v) is 5.86. The number of benzene rings is 1. The van der Waals surface area contributed by atoms with Crippen LogP contribution in [0.3, 0.4) is 0 Å². The number of anilines is 1. The van der Waals surface area contributed by atoms with Gasteiger partial charge in [-0.05, 0) is 31.0 Å². The minimum absolute atomic E-state index is 0.00189. The van der Waals surface area contributed by atoms with Gasteiger partial charge in [-0.25, -0.2) is 4.72 Å². The predicted octanol–water partition coefficient (Wildman–Crippen LogP) is 1.06. The lowest BCUT2D eigenvalue weighted by Gasteiger charge is -2.22. The molecule has 0 spiro atoms. The van der Waals surface area contributed by atoms with Crippen LogP contribution in [-0.2, 0) is 21.4 Å². The highest BCUT2D eigenvalue weighted by Gasteiger charge is 2.22. The molecule has 8 heteroatoms. The van der Waals surface area contributed by atoms with E-state index >= 15 is 0 Å². The molecule has 2 rings (SSSR count). The van der Waals surface area contributed by atoms with Crippen molar-refractivity contribution >= 4 is 33.6 Å². The van der Waals surface area contributed by atoms with Crippen molar-refractivity contribution in [3.8, 4) is 0 Å². The van der Waals surface area contributed by atoms with E-state index < -0.39 is 10.2 Å². The first-order chi connectivity index (χ1) is 9.79. The minimum Gasteiger partial charge on any atom is -0.324 e. The standard InChI is InChI=1S/C13H19N3O3S2/c1-9-13(17)15-11-8-10(4-5-12(11)20-9)6-7-14-21(18,19)16(2)3/h4-5,8-9,14H,6-7H2,1-3H3,(H,15,17).